The average Bonchev–Trinajstić information content (AvgIpc) is 2.84. The molecule has 1 aromatic heterocycles. The first-order valence-corrected chi connectivity index (χ1v) is 6.38. The molecule has 3 nitrogen and oxygen atoms in total. The van der Waals surface area contributed by atoms with Crippen molar-refractivity contribution in [2.24, 2.45) is 4.99 Å². The second-order valence-electron chi connectivity index (χ2n) is 4.52. The lowest BCUT2D eigenvalue weighted by Crippen LogP contribution is -2.44. The molecule has 1 atom stereocenters. The van der Waals surface area contributed by atoms with Crippen molar-refractivity contribution in [1.29, 1.82) is 0 Å². The van der Waals surface area contributed by atoms with Gasteiger partial charge in [0.1, 0.15) is 17.6 Å². The molecule has 2 aromatic rings. The van der Waals surface area contributed by atoms with Crippen molar-refractivity contribution < 1.29 is 0 Å². The number of nitrogens with zero attached hydrogens (tertiary/aromatic N) is 3. The summed E-state index contributed by atoms with van der Waals surface area (Å²) in [5.74, 6) is 0.905. The molecule has 0 aliphatic carbocycles. The second-order valence-corrected chi connectivity index (χ2v) is 4.95. The van der Waals surface area contributed by atoms with Crippen LogP contribution in [-0.4, -0.2) is 17.9 Å². The number of amidine groups is 1. The van der Waals surface area contributed by atoms with E-state index in [1.165, 1.54) is 0 Å². The highest BCUT2D eigenvalue weighted by Crippen LogP contribution is 2.29. The van der Waals surface area contributed by atoms with Gasteiger partial charge < -0.3 is 0 Å². The van der Waals surface area contributed by atoms with Crippen molar-refractivity contribution in [2.75, 3.05) is 7.05 Å². The Morgan fingerprint density at radius 2 is 1.84 bits per heavy atom. The fourth-order valence-electron chi connectivity index (χ4n) is 2.19. The lowest BCUT2D eigenvalue weighted by Gasteiger charge is -2.26. The minimum absolute atomic E-state index is 0.494. The van der Waals surface area contributed by atoms with Crippen LogP contribution in [0.1, 0.15) is 5.69 Å². The van der Waals surface area contributed by atoms with Gasteiger partial charge in [0.2, 0.25) is 0 Å². The first-order valence-electron chi connectivity index (χ1n) is 6.00. The molecular formula is C15H13ClN3+. The maximum atomic E-state index is 5.95. The molecule has 0 saturated heterocycles. The molecule has 19 heavy (non-hydrogen) atoms. The van der Waals surface area contributed by atoms with Gasteiger partial charge in [0.25, 0.3) is 5.84 Å². The number of pyridine rings is 1. The van der Waals surface area contributed by atoms with Crippen molar-refractivity contribution in [3.63, 3.8) is 0 Å². The largest absolute Gasteiger partial charge is 0.263 e. The molecule has 1 aliphatic heterocycles. The SMILES string of the molecule is C[N+]1(c2ccc(Cl)cc2)C=CN=C1c1ccccn1. The number of hydrogen-bond acceptors (Lipinski definition) is 2. The fourth-order valence-corrected chi connectivity index (χ4v) is 2.31. The number of aromatic nitrogens is 1. The third kappa shape index (κ3) is 2.07. The first kappa shape index (κ1) is 12.1. The van der Waals surface area contributed by atoms with Gasteiger partial charge in [-0.15, -0.1) is 0 Å². The average molecular weight is 271 g/mol. The Morgan fingerprint density at radius 3 is 2.53 bits per heavy atom. The molecule has 0 N–H and O–H groups in total. The molecule has 0 spiro atoms. The number of rotatable bonds is 2. The summed E-state index contributed by atoms with van der Waals surface area (Å²) in [4.78, 5) is 8.86. The summed E-state index contributed by atoms with van der Waals surface area (Å²) in [6, 6.07) is 13.6. The third-order valence-electron chi connectivity index (χ3n) is 3.26. The van der Waals surface area contributed by atoms with E-state index >= 15 is 0 Å². The fraction of sp³-hybridized carbons (Fsp3) is 0.0667. The number of benzene rings is 1. The Bertz CT molecular complexity index is 647. The van der Waals surface area contributed by atoms with E-state index in [1.807, 2.05) is 54.9 Å². The molecule has 0 bridgehead atoms. The summed E-state index contributed by atoms with van der Waals surface area (Å²) in [5.41, 5.74) is 1.98. The standard InChI is InChI=1S/C15H13ClN3/c1-19(13-7-5-12(16)6-8-13)11-10-18-15(19)14-4-2-3-9-17-14/h2-11H,1H3/q+1. The topological polar surface area (TPSA) is 25.2 Å². The molecular weight excluding hydrogens is 258 g/mol. The quantitative estimate of drug-likeness (QED) is 0.766. The molecule has 1 aliphatic rings. The maximum Gasteiger partial charge on any atom is 0.263 e. The van der Waals surface area contributed by atoms with Crippen LogP contribution in [0.25, 0.3) is 0 Å². The van der Waals surface area contributed by atoms with Crippen LogP contribution in [0.15, 0.2) is 66.1 Å². The van der Waals surface area contributed by atoms with Gasteiger partial charge in [-0.05, 0) is 24.3 Å². The Balaban J connectivity index is 2.06. The zero-order chi connectivity index (χ0) is 13.3. The molecule has 4 heteroatoms. The van der Waals surface area contributed by atoms with Crippen molar-refractivity contribution in [3.05, 3.63) is 71.8 Å². The Morgan fingerprint density at radius 1 is 1.05 bits per heavy atom. The van der Waals surface area contributed by atoms with Crippen LogP contribution in [0.3, 0.4) is 0 Å². The lowest BCUT2D eigenvalue weighted by atomic mass is 10.2. The summed E-state index contributed by atoms with van der Waals surface area (Å²) in [6.45, 7) is 0. The molecule has 94 valence electrons. The van der Waals surface area contributed by atoms with Gasteiger partial charge in [0, 0.05) is 23.4 Å². The van der Waals surface area contributed by atoms with Crippen LogP contribution in [0.2, 0.25) is 5.02 Å². The lowest BCUT2D eigenvalue weighted by molar-refractivity contribution is 0.665. The van der Waals surface area contributed by atoms with E-state index in [0.717, 1.165) is 22.2 Å². The van der Waals surface area contributed by atoms with Crippen molar-refractivity contribution in [2.45, 2.75) is 0 Å². The van der Waals surface area contributed by atoms with Crippen molar-refractivity contribution in [1.82, 2.24) is 9.47 Å². The summed E-state index contributed by atoms with van der Waals surface area (Å²) >= 11 is 5.95. The number of quaternary nitrogens is 1. The van der Waals surface area contributed by atoms with Crippen LogP contribution in [0.4, 0.5) is 5.69 Å². The second kappa shape index (κ2) is 4.61. The molecule has 2 heterocycles. The molecule has 0 saturated carbocycles. The van der Waals surface area contributed by atoms with E-state index in [9.17, 15) is 0 Å². The Hall–Kier alpha value is -1.97. The van der Waals surface area contributed by atoms with Crippen LogP contribution in [0, 0.1) is 0 Å². The third-order valence-corrected chi connectivity index (χ3v) is 3.51. The van der Waals surface area contributed by atoms with Gasteiger partial charge in [-0.2, -0.15) is 4.99 Å². The van der Waals surface area contributed by atoms with Crippen LogP contribution in [0.5, 0.6) is 0 Å². The number of aliphatic imine (C=N–C) groups is 1. The highest BCUT2D eigenvalue weighted by molar-refractivity contribution is 6.30. The monoisotopic (exact) mass is 270 g/mol. The van der Waals surface area contributed by atoms with Crippen molar-refractivity contribution in [3.8, 4) is 0 Å². The molecule has 0 amide bonds. The van der Waals surface area contributed by atoms with Gasteiger partial charge in [0.15, 0.2) is 0 Å². The minimum Gasteiger partial charge on any atom is -0.249 e. The molecule has 1 aromatic carbocycles. The van der Waals surface area contributed by atoms with Gasteiger partial charge in [-0.3, -0.25) is 0 Å². The predicted octanol–water partition coefficient (Wildman–Crippen LogP) is 3.60. The smallest absolute Gasteiger partial charge is 0.249 e. The van der Waals surface area contributed by atoms with Gasteiger partial charge in [0.05, 0.1) is 13.2 Å². The number of halogens is 1. The van der Waals surface area contributed by atoms with Crippen LogP contribution >= 0.6 is 11.6 Å². The summed E-state index contributed by atoms with van der Waals surface area (Å²) in [6.07, 6.45) is 5.63. The molecule has 0 fully saturated rings. The zero-order valence-electron chi connectivity index (χ0n) is 10.5. The van der Waals surface area contributed by atoms with Crippen LogP contribution < -0.4 is 4.48 Å². The van der Waals surface area contributed by atoms with Gasteiger partial charge in [-0.1, -0.05) is 17.7 Å². The van der Waals surface area contributed by atoms with E-state index in [2.05, 4.69) is 17.0 Å². The van der Waals surface area contributed by atoms with E-state index < -0.39 is 0 Å². The molecule has 1 unspecified atom stereocenters. The minimum atomic E-state index is 0.494. The summed E-state index contributed by atoms with van der Waals surface area (Å²) in [5, 5.41) is 0.731. The highest BCUT2D eigenvalue weighted by Gasteiger charge is 2.35. The molecule has 0 radical (unpaired) electrons. The van der Waals surface area contributed by atoms with E-state index in [-0.39, 0.29) is 0 Å². The van der Waals surface area contributed by atoms with Gasteiger partial charge in [-0.25, -0.2) is 9.47 Å². The van der Waals surface area contributed by atoms with Gasteiger partial charge >= 0.3 is 0 Å². The first-order chi connectivity index (χ1) is 9.20. The zero-order valence-corrected chi connectivity index (χ0v) is 11.2. The number of hydrogen-bond donors (Lipinski definition) is 0. The Kier molecular flexibility index (Phi) is 2.93. The van der Waals surface area contributed by atoms with E-state index in [1.54, 1.807) is 6.20 Å². The van der Waals surface area contributed by atoms with Crippen molar-refractivity contribution >= 4 is 23.1 Å². The van der Waals surface area contributed by atoms with E-state index in [4.69, 9.17) is 11.6 Å². The Labute approximate surface area is 117 Å². The molecule has 3 rings (SSSR count). The highest BCUT2D eigenvalue weighted by atomic mass is 35.5. The summed E-state index contributed by atoms with van der Waals surface area (Å²) < 4.78 is 0.494. The summed E-state index contributed by atoms with van der Waals surface area (Å²) in [7, 11) is 2.08. The normalized spacial score (nSPS) is 21.5. The van der Waals surface area contributed by atoms with E-state index in [0.29, 0.717) is 4.48 Å². The van der Waals surface area contributed by atoms with Crippen LogP contribution in [-0.2, 0) is 0 Å². The maximum absolute atomic E-state index is 5.95. The predicted molar refractivity (Wildman–Crippen MR) is 79.1 cm³/mol.